The zero-order chi connectivity index (χ0) is 41.4. The molecule has 2 saturated heterocycles. The minimum atomic E-state index is -0.727. The molecule has 2 aliphatic rings. The smallest absolute Gasteiger partial charge is 0.333 e. The van der Waals surface area contributed by atoms with Crippen LogP contribution in [0.15, 0.2) is 24.3 Å². The number of carbonyl (C=O) groups excluding carboxylic acids is 6. The van der Waals surface area contributed by atoms with Gasteiger partial charge in [-0.3, -0.25) is 24.0 Å². The van der Waals surface area contributed by atoms with Crippen LogP contribution in [-0.2, 0) is 38.2 Å². The molecule has 13 nitrogen and oxygen atoms in total. The van der Waals surface area contributed by atoms with Gasteiger partial charge in [0.2, 0.25) is 23.6 Å². The molecule has 1 N–H and O–H groups in total. The Balaban J connectivity index is 0. The van der Waals surface area contributed by atoms with E-state index in [1.54, 1.807) is 73.1 Å². The molecule has 0 aliphatic carbocycles. The Labute approximate surface area is 313 Å². The Bertz CT molecular complexity index is 1260. The van der Waals surface area contributed by atoms with E-state index in [0.29, 0.717) is 62.9 Å². The molecule has 52 heavy (non-hydrogen) atoms. The highest BCUT2D eigenvalue weighted by Gasteiger charge is 2.48. The van der Waals surface area contributed by atoms with Crippen molar-refractivity contribution in [1.29, 1.82) is 0 Å². The van der Waals surface area contributed by atoms with Crippen molar-refractivity contribution >= 4 is 35.6 Å². The molecule has 4 atom stereocenters. The van der Waals surface area contributed by atoms with E-state index in [2.05, 4.69) is 17.9 Å². The van der Waals surface area contributed by atoms with Gasteiger partial charge in [0.1, 0.15) is 0 Å². The first-order chi connectivity index (χ1) is 23.6. The molecule has 13 heteroatoms. The van der Waals surface area contributed by atoms with Crippen LogP contribution in [0.4, 0.5) is 0 Å². The highest BCUT2D eigenvalue weighted by atomic mass is 16.5. The van der Waals surface area contributed by atoms with E-state index in [1.807, 2.05) is 41.5 Å². The average Bonchev–Trinajstić information content (AvgIpc) is 3.60. The zero-order valence-electron chi connectivity index (χ0n) is 35.0. The van der Waals surface area contributed by atoms with Gasteiger partial charge in [-0.1, -0.05) is 47.8 Å². The van der Waals surface area contributed by atoms with Crippen LogP contribution in [0.1, 0.15) is 93.4 Å². The van der Waals surface area contributed by atoms with E-state index in [9.17, 15) is 33.9 Å². The van der Waals surface area contributed by atoms with Crippen LogP contribution in [0.5, 0.6) is 0 Å². The van der Waals surface area contributed by atoms with Gasteiger partial charge >= 0.3 is 11.9 Å². The maximum atomic E-state index is 12.4. The van der Waals surface area contributed by atoms with Gasteiger partial charge in [-0.2, -0.15) is 0 Å². The number of amides is 4. The summed E-state index contributed by atoms with van der Waals surface area (Å²) < 4.78 is 9.56. The summed E-state index contributed by atoms with van der Waals surface area (Å²) >= 11 is 0. The van der Waals surface area contributed by atoms with E-state index in [4.69, 9.17) is 4.74 Å². The number of nitrogens with zero attached hydrogens (tertiary/aromatic N) is 4. The summed E-state index contributed by atoms with van der Waals surface area (Å²) in [4.78, 5) is 75.9. The van der Waals surface area contributed by atoms with Crippen molar-refractivity contribution in [3.63, 3.8) is 0 Å². The van der Waals surface area contributed by atoms with Crippen molar-refractivity contribution in [2.45, 2.75) is 93.4 Å². The number of esters is 2. The first-order valence-corrected chi connectivity index (χ1v) is 17.8. The largest absolute Gasteiger partial charge is 0.465 e. The fraction of sp³-hybridized carbons (Fsp3) is 0.744. The molecule has 300 valence electrons. The highest BCUT2D eigenvalue weighted by Crippen LogP contribution is 2.43. The van der Waals surface area contributed by atoms with Crippen molar-refractivity contribution in [1.82, 2.24) is 19.6 Å². The normalized spacial score (nSPS) is 19.5. The Hall–Kier alpha value is -3.74. The van der Waals surface area contributed by atoms with E-state index < -0.39 is 21.7 Å². The molecule has 2 rings (SSSR count). The van der Waals surface area contributed by atoms with Gasteiger partial charge < -0.3 is 34.2 Å². The summed E-state index contributed by atoms with van der Waals surface area (Å²) in [6, 6.07) is 0. The second kappa shape index (κ2) is 21.7. The van der Waals surface area contributed by atoms with Crippen LogP contribution in [0.3, 0.4) is 0 Å². The lowest BCUT2D eigenvalue weighted by molar-refractivity contribution is -0.150. The average molecular weight is 739 g/mol. The van der Waals surface area contributed by atoms with Crippen molar-refractivity contribution in [3.05, 3.63) is 24.3 Å². The molecular formula is C39H70N4O9. The summed E-state index contributed by atoms with van der Waals surface area (Å²) in [7, 11) is 13.8. The van der Waals surface area contributed by atoms with E-state index >= 15 is 0 Å². The quantitative estimate of drug-likeness (QED) is 0.228. The molecule has 0 aromatic carbocycles. The molecule has 2 fully saturated rings. The molecule has 4 amide bonds. The fourth-order valence-corrected chi connectivity index (χ4v) is 6.22. The van der Waals surface area contributed by atoms with E-state index in [-0.39, 0.29) is 42.2 Å². The SMILES string of the molecule is C=C(C)C(=O)N(C)C.C=C1CCOC1=O.CCC(C)(CC(C)(CCO)C(=O)N(C)C)C(=O)N(C)C.CCC(C)(CC1(C)CCOC1=O)C(=O)N(C)C. The number of likely N-dealkylation sites (N-methyl/N-ethyl adjacent to an activating group) is 1. The number of aliphatic hydroxyl groups is 1. The van der Waals surface area contributed by atoms with Gasteiger partial charge in [0.05, 0.1) is 18.6 Å². The molecule has 2 heterocycles. The minimum absolute atomic E-state index is 0.00926. The number of rotatable bonds is 12. The minimum Gasteiger partial charge on any atom is -0.465 e. The van der Waals surface area contributed by atoms with Crippen LogP contribution in [0.2, 0.25) is 0 Å². The number of ether oxygens (including phenoxy) is 2. The summed E-state index contributed by atoms with van der Waals surface area (Å²) in [5.74, 6) is -0.344. The third-order valence-corrected chi connectivity index (χ3v) is 9.63. The first-order valence-electron chi connectivity index (χ1n) is 17.8. The third-order valence-electron chi connectivity index (χ3n) is 9.63. The first kappa shape index (κ1) is 50.4. The number of hydrogen-bond acceptors (Lipinski definition) is 9. The van der Waals surface area contributed by atoms with Crippen molar-refractivity contribution in [2.24, 2.45) is 21.7 Å². The summed E-state index contributed by atoms with van der Waals surface area (Å²) in [6.45, 7) is 21.1. The Kier molecular flexibility index (Phi) is 21.0. The van der Waals surface area contributed by atoms with Gasteiger partial charge in [0.25, 0.3) is 0 Å². The summed E-state index contributed by atoms with van der Waals surface area (Å²) in [5.41, 5.74) is -1.14. The number of hydrogen-bond donors (Lipinski definition) is 1. The maximum absolute atomic E-state index is 12.4. The van der Waals surface area contributed by atoms with Gasteiger partial charge in [-0.05, 0) is 52.4 Å². The standard InChI is InChI=1S/C15H30N2O3.C13H23NO3.C6H11NO.C5H6O2/c1-8-14(2,12(19)16(4)5)11-15(3,9-10-18)13(20)17(6)7;1-6-12(2,10(15)14(4)5)9-13(3)7-8-17-11(13)16;1-5(2)6(8)7(3)4;1-4-2-3-7-5(4)6/h18H,8-11H2,1-7H3;6-9H2,1-5H3;1H2,2-4H3;1-3H2. The van der Waals surface area contributed by atoms with Crippen LogP contribution in [-0.4, -0.2) is 136 Å². The zero-order valence-corrected chi connectivity index (χ0v) is 35.0. The molecule has 0 spiro atoms. The molecule has 2 aliphatic heterocycles. The topological polar surface area (TPSA) is 154 Å². The lowest BCUT2D eigenvalue weighted by Gasteiger charge is -2.39. The van der Waals surface area contributed by atoms with Gasteiger partial charge in [-0.15, -0.1) is 0 Å². The molecule has 0 aromatic rings. The Morgan fingerprint density at radius 1 is 0.769 bits per heavy atom. The number of carbonyl (C=O) groups is 6. The lowest BCUT2D eigenvalue weighted by Crippen LogP contribution is -2.46. The monoisotopic (exact) mass is 739 g/mol. The Morgan fingerprint density at radius 3 is 1.46 bits per heavy atom. The molecule has 0 saturated carbocycles. The fourth-order valence-electron chi connectivity index (χ4n) is 6.22. The van der Waals surface area contributed by atoms with Gasteiger partial charge in [-0.25, -0.2) is 4.79 Å². The predicted molar refractivity (Wildman–Crippen MR) is 204 cm³/mol. The summed E-state index contributed by atoms with van der Waals surface area (Å²) in [5, 5.41) is 9.28. The number of aliphatic hydroxyl groups excluding tert-OH is 1. The van der Waals surface area contributed by atoms with Crippen molar-refractivity contribution < 1.29 is 43.3 Å². The van der Waals surface area contributed by atoms with Crippen LogP contribution in [0.25, 0.3) is 0 Å². The van der Waals surface area contributed by atoms with Gasteiger partial charge in [0.15, 0.2) is 0 Å². The van der Waals surface area contributed by atoms with Gasteiger partial charge in [0, 0.05) is 96.8 Å². The van der Waals surface area contributed by atoms with E-state index in [1.165, 1.54) is 9.80 Å². The molecule has 0 radical (unpaired) electrons. The van der Waals surface area contributed by atoms with Crippen molar-refractivity contribution in [3.8, 4) is 0 Å². The second-order valence-electron chi connectivity index (χ2n) is 15.7. The lowest BCUT2D eigenvalue weighted by atomic mass is 9.68. The molecule has 4 unspecified atom stereocenters. The predicted octanol–water partition coefficient (Wildman–Crippen LogP) is 4.33. The van der Waals surface area contributed by atoms with E-state index in [0.717, 1.165) is 6.42 Å². The molecule has 0 aromatic heterocycles. The third kappa shape index (κ3) is 15.1. The van der Waals surface area contributed by atoms with Crippen LogP contribution in [0, 0.1) is 21.7 Å². The highest BCUT2D eigenvalue weighted by molar-refractivity contribution is 5.91. The van der Waals surface area contributed by atoms with Crippen LogP contribution >= 0.6 is 0 Å². The Morgan fingerprint density at radius 2 is 1.21 bits per heavy atom. The van der Waals surface area contributed by atoms with Crippen molar-refractivity contribution in [2.75, 3.05) is 76.2 Å². The second-order valence-corrected chi connectivity index (χ2v) is 15.7. The summed E-state index contributed by atoms with van der Waals surface area (Å²) in [6.07, 6.45) is 4.16. The molecule has 0 bridgehead atoms. The van der Waals surface area contributed by atoms with Crippen LogP contribution < -0.4 is 0 Å². The molecular weight excluding hydrogens is 668 g/mol. The maximum Gasteiger partial charge on any atom is 0.333 e. The number of cyclic esters (lactones) is 2.